The van der Waals surface area contributed by atoms with E-state index in [1.54, 1.807) is 11.1 Å². The molecule has 0 saturated carbocycles. The fourth-order valence-corrected chi connectivity index (χ4v) is 3.19. The van der Waals surface area contributed by atoms with Gasteiger partial charge in [0.1, 0.15) is 0 Å². The molecule has 0 bridgehead atoms. The second-order valence-electron chi connectivity index (χ2n) is 6.32. The van der Waals surface area contributed by atoms with Crippen molar-refractivity contribution in [1.82, 2.24) is 4.90 Å². The Morgan fingerprint density at radius 2 is 1.52 bits per heavy atom. The smallest absolute Gasteiger partial charge is 0.748 e. The van der Waals surface area contributed by atoms with Crippen LogP contribution in [0.2, 0.25) is 0 Å². The van der Waals surface area contributed by atoms with E-state index in [2.05, 4.69) is 13.5 Å². The molecule has 0 aliphatic carbocycles. The van der Waals surface area contributed by atoms with Crippen molar-refractivity contribution < 1.29 is 47.3 Å². The van der Waals surface area contributed by atoms with E-state index in [-0.39, 0.29) is 41.2 Å². The zero-order valence-electron chi connectivity index (χ0n) is 16.2. The summed E-state index contributed by atoms with van der Waals surface area (Å²) in [6, 6.07) is 0. The van der Waals surface area contributed by atoms with Crippen LogP contribution in [0.1, 0.15) is 84.0 Å². The van der Waals surface area contributed by atoms with Gasteiger partial charge in [-0.15, -0.1) is 0 Å². The van der Waals surface area contributed by atoms with Gasteiger partial charge in [-0.1, -0.05) is 71.3 Å². The van der Waals surface area contributed by atoms with Crippen molar-refractivity contribution in [2.24, 2.45) is 0 Å². The monoisotopic (exact) mass is 383 g/mol. The Hall–Kier alpha value is 0.120. The zero-order valence-corrected chi connectivity index (χ0v) is 19.0. The number of nitrogens with zero attached hydrogens (tertiary/aromatic N) is 1. The largest absolute Gasteiger partial charge is 1.00 e. The van der Waals surface area contributed by atoms with E-state index < -0.39 is 10.1 Å². The van der Waals surface area contributed by atoms with Crippen LogP contribution in [0.4, 0.5) is 0 Å². The van der Waals surface area contributed by atoms with Crippen LogP contribution in [0, 0.1) is 0 Å². The van der Waals surface area contributed by atoms with Crippen LogP contribution in [-0.2, 0) is 14.9 Å². The quantitative estimate of drug-likeness (QED) is 0.288. The molecule has 0 atom stereocenters. The average Bonchev–Trinajstić information content (AvgIpc) is 2.94. The van der Waals surface area contributed by atoms with Crippen LogP contribution in [0.15, 0.2) is 12.8 Å². The first kappa shape index (κ1) is 27.3. The zero-order chi connectivity index (χ0) is 18.3. The average molecular weight is 384 g/mol. The first-order valence-electron chi connectivity index (χ1n) is 9.26. The SMILES string of the molecule is C=CN1CCCC1=O.CCCCCCCCCCCCS(=O)(=O)[O-].[Na+]. The maximum absolute atomic E-state index is 10.7. The maximum atomic E-state index is 10.7. The van der Waals surface area contributed by atoms with Gasteiger partial charge in [0.15, 0.2) is 0 Å². The van der Waals surface area contributed by atoms with E-state index >= 15 is 0 Å². The minimum absolute atomic E-state index is 0. The van der Waals surface area contributed by atoms with Crippen molar-refractivity contribution in [2.75, 3.05) is 12.3 Å². The minimum atomic E-state index is -3.98. The maximum Gasteiger partial charge on any atom is 1.00 e. The van der Waals surface area contributed by atoms with Gasteiger partial charge in [0.25, 0.3) is 0 Å². The normalized spacial score (nSPS) is 13.8. The van der Waals surface area contributed by atoms with Gasteiger partial charge < -0.3 is 9.45 Å². The van der Waals surface area contributed by atoms with Crippen LogP contribution in [0.5, 0.6) is 0 Å². The minimum Gasteiger partial charge on any atom is -0.748 e. The number of carbonyl (C=O) groups excluding carboxylic acids is 1. The van der Waals surface area contributed by atoms with Gasteiger partial charge in [0.05, 0.1) is 10.1 Å². The number of unbranched alkanes of at least 4 members (excludes halogenated alkanes) is 9. The molecule has 0 aromatic heterocycles. The van der Waals surface area contributed by atoms with Gasteiger partial charge in [-0.3, -0.25) is 4.79 Å². The molecule has 25 heavy (non-hydrogen) atoms. The number of carbonyl (C=O) groups is 1. The van der Waals surface area contributed by atoms with Crippen LogP contribution in [-0.4, -0.2) is 36.1 Å². The van der Waals surface area contributed by atoms with Crippen LogP contribution < -0.4 is 29.6 Å². The predicted molar refractivity (Wildman–Crippen MR) is 97.6 cm³/mol. The van der Waals surface area contributed by atoms with Gasteiger partial charge in [-0.2, -0.15) is 0 Å². The predicted octanol–water partition coefficient (Wildman–Crippen LogP) is 1.21. The summed E-state index contributed by atoms with van der Waals surface area (Å²) in [6.45, 7) is 6.57. The van der Waals surface area contributed by atoms with E-state index in [9.17, 15) is 17.8 Å². The van der Waals surface area contributed by atoms with Crippen molar-refractivity contribution in [1.29, 1.82) is 0 Å². The molecular formula is C18H34NNaO4S. The van der Waals surface area contributed by atoms with Crippen LogP contribution in [0.3, 0.4) is 0 Å². The Bertz CT molecular complexity index is 440. The number of amides is 1. The molecule has 5 nitrogen and oxygen atoms in total. The number of hydrogen-bond donors (Lipinski definition) is 0. The summed E-state index contributed by atoms with van der Waals surface area (Å²) >= 11 is 0. The Morgan fingerprint density at radius 1 is 1.04 bits per heavy atom. The molecule has 1 saturated heterocycles. The van der Waals surface area contributed by atoms with Crippen LogP contribution >= 0.6 is 0 Å². The number of rotatable bonds is 12. The Labute approximate surface area is 176 Å². The fraction of sp³-hybridized carbons (Fsp3) is 0.833. The third-order valence-electron chi connectivity index (χ3n) is 4.08. The summed E-state index contributed by atoms with van der Waals surface area (Å²) in [6.07, 6.45) is 14.7. The molecule has 142 valence electrons. The molecule has 0 unspecified atom stereocenters. The molecule has 1 heterocycles. The summed E-state index contributed by atoms with van der Waals surface area (Å²) in [4.78, 5) is 12.3. The molecule has 1 rings (SSSR count). The third-order valence-corrected chi connectivity index (χ3v) is 4.87. The van der Waals surface area contributed by atoms with Crippen molar-refractivity contribution in [3.63, 3.8) is 0 Å². The molecule has 0 N–H and O–H groups in total. The fourth-order valence-electron chi connectivity index (χ4n) is 2.63. The molecule has 7 heteroatoms. The van der Waals surface area contributed by atoms with Gasteiger partial charge in [0.2, 0.25) is 5.91 Å². The number of hydrogen-bond acceptors (Lipinski definition) is 4. The van der Waals surface area contributed by atoms with Crippen molar-refractivity contribution in [3.8, 4) is 0 Å². The van der Waals surface area contributed by atoms with Gasteiger partial charge in [0, 0.05) is 18.7 Å². The molecule has 1 amide bonds. The van der Waals surface area contributed by atoms with E-state index in [0.717, 1.165) is 25.8 Å². The van der Waals surface area contributed by atoms with Crippen molar-refractivity contribution in [3.05, 3.63) is 12.8 Å². The summed E-state index contributed by atoms with van der Waals surface area (Å²) in [7, 11) is -3.98. The van der Waals surface area contributed by atoms with Gasteiger partial charge in [-0.25, -0.2) is 8.42 Å². The molecule has 0 radical (unpaired) electrons. The first-order chi connectivity index (χ1) is 11.4. The Balaban J connectivity index is 0. The Morgan fingerprint density at radius 3 is 1.84 bits per heavy atom. The molecule has 1 aliphatic rings. The first-order valence-corrected chi connectivity index (χ1v) is 10.8. The standard InChI is InChI=1S/C12H26O3S.C6H9NO.Na/c1-2-3-4-5-6-7-8-9-10-11-12-16(13,14)15;1-2-7-5-3-4-6(7)8;/h2-12H2,1H3,(H,13,14,15);2H,1,3-5H2;/q;;+1/p-1. The second-order valence-corrected chi connectivity index (χ2v) is 7.84. The van der Waals surface area contributed by atoms with E-state index in [1.807, 2.05) is 0 Å². The van der Waals surface area contributed by atoms with Gasteiger partial charge in [-0.05, 0) is 19.0 Å². The summed E-state index contributed by atoms with van der Waals surface area (Å²) < 4.78 is 30.9. The Kier molecular flexibility index (Phi) is 19.2. The van der Waals surface area contributed by atoms with Gasteiger partial charge >= 0.3 is 29.6 Å². The van der Waals surface area contributed by atoms with Crippen LogP contribution in [0.25, 0.3) is 0 Å². The van der Waals surface area contributed by atoms with E-state index in [1.165, 1.54) is 44.9 Å². The molecule has 1 fully saturated rings. The van der Waals surface area contributed by atoms with E-state index in [0.29, 0.717) is 12.8 Å². The number of likely N-dealkylation sites (tertiary alicyclic amines) is 1. The van der Waals surface area contributed by atoms with Crippen molar-refractivity contribution >= 4 is 16.0 Å². The summed E-state index contributed by atoms with van der Waals surface area (Å²) in [5, 5.41) is 0. The second kappa shape index (κ2) is 17.5. The molecular weight excluding hydrogens is 349 g/mol. The summed E-state index contributed by atoms with van der Waals surface area (Å²) in [5.74, 6) is 0.0174. The molecule has 1 aliphatic heterocycles. The topological polar surface area (TPSA) is 77.5 Å². The third kappa shape index (κ3) is 18.7. The molecule has 0 aromatic carbocycles. The van der Waals surface area contributed by atoms with Crippen molar-refractivity contribution in [2.45, 2.75) is 84.0 Å². The summed E-state index contributed by atoms with van der Waals surface area (Å²) in [5.41, 5.74) is 0. The molecule has 0 spiro atoms. The molecule has 0 aromatic rings. The van der Waals surface area contributed by atoms with E-state index in [4.69, 9.17) is 0 Å².